The molecule has 2 aromatic carbocycles. The number of aromatic nitrogens is 5. The van der Waals surface area contributed by atoms with Gasteiger partial charge in [-0.3, -0.25) is 9.69 Å². The monoisotopic (exact) mass is 551 g/mol. The lowest BCUT2D eigenvalue weighted by Crippen LogP contribution is -2.33. The van der Waals surface area contributed by atoms with Crippen LogP contribution in [0.3, 0.4) is 0 Å². The van der Waals surface area contributed by atoms with Crippen molar-refractivity contribution in [3.8, 4) is 5.69 Å². The molecule has 6 rings (SSSR count). The molecule has 0 saturated carbocycles. The molecule has 1 saturated heterocycles. The highest BCUT2D eigenvalue weighted by atomic mass is 16.2. The maximum atomic E-state index is 13.7. The first-order chi connectivity index (χ1) is 20.0. The number of benzene rings is 2. The van der Waals surface area contributed by atoms with E-state index in [1.165, 1.54) is 5.56 Å². The third-order valence-corrected chi connectivity index (χ3v) is 8.26. The molecule has 10 nitrogen and oxygen atoms in total. The van der Waals surface area contributed by atoms with Crippen molar-refractivity contribution in [2.75, 3.05) is 61.5 Å². The number of likely N-dealkylation sites (tertiary alicyclic amines) is 1. The first kappa shape index (κ1) is 26.9. The van der Waals surface area contributed by atoms with Gasteiger partial charge in [-0.1, -0.05) is 41.6 Å². The van der Waals surface area contributed by atoms with Crippen molar-refractivity contribution in [3.05, 3.63) is 83.8 Å². The Hall–Kier alpha value is -4.31. The fourth-order valence-electron chi connectivity index (χ4n) is 5.66. The molecule has 2 aliphatic heterocycles. The van der Waals surface area contributed by atoms with Gasteiger partial charge in [0.1, 0.15) is 11.4 Å². The number of hydrogen-bond donors (Lipinski definition) is 0. The molecule has 0 unspecified atom stereocenters. The van der Waals surface area contributed by atoms with Gasteiger partial charge in [-0.2, -0.15) is 4.98 Å². The van der Waals surface area contributed by atoms with E-state index in [1.807, 2.05) is 61.3 Å². The maximum Gasteiger partial charge on any atom is 0.263 e. The second-order valence-electron chi connectivity index (χ2n) is 10.9. The molecule has 0 radical (unpaired) electrons. The molecule has 41 heavy (non-hydrogen) atoms. The summed E-state index contributed by atoms with van der Waals surface area (Å²) < 4.78 is 1.80. The molecule has 2 aromatic heterocycles. The van der Waals surface area contributed by atoms with Crippen molar-refractivity contribution >= 4 is 23.4 Å². The molecular formula is C31H37N9O. The van der Waals surface area contributed by atoms with Gasteiger partial charge in [0.15, 0.2) is 0 Å². The molecule has 0 N–H and O–H groups in total. The molecule has 2 aliphatic rings. The second-order valence-corrected chi connectivity index (χ2v) is 10.9. The third-order valence-electron chi connectivity index (χ3n) is 8.26. The number of nitrogens with zero attached hydrogens (tertiary/aromatic N) is 9. The summed E-state index contributed by atoms with van der Waals surface area (Å²) in [6.07, 6.45) is 5.96. The number of carbonyl (C=O) groups is 1. The zero-order valence-electron chi connectivity index (χ0n) is 24.0. The van der Waals surface area contributed by atoms with Gasteiger partial charge in [-0.25, -0.2) is 9.67 Å². The summed E-state index contributed by atoms with van der Waals surface area (Å²) >= 11 is 0. The van der Waals surface area contributed by atoms with Gasteiger partial charge in [-0.05, 0) is 62.5 Å². The highest BCUT2D eigenvalue weighted by Gasteiger charge is 2.29. The standard InChI is InChI=1S/C31H37N9O/c1-4-36(2)31-32-20-28-29(33-31)37(3)17-18-39(30(28)41)26-11-8-12-27(19-26)40-22-25(34-35-40)21-38-15-13-24(14-16-38)23-9-6-5-7-10-23/h5-12,19-20,22,24H,4,13-18,21H2,1-3H3. The van der Waals surface area contributed by atoms with Gasteiger partial charge < -0.3 is 14.7 Å². The number of fused-ring (bicyclic) bond motifs is 1. The van der Waals surface area contributed by atoms with Crippen LogP contribution >= 0.6 is 0 Å². The molecule has 0 atom stereocenters. The van der Waals surface area contributed by atoms with Crippen LogP contribution in [0, 0.1) is 0 Å². The van der Waals surface area contributed by atoms with Gasteiger partial charge in [0.2, 0.25) is 5.95 Å². The van der Waals surface area contributed by atoms with Crippen LogP contribution in [-0.4, -0.2) is 82.6 Å². The number of rotatable bonds is 7. The molecule has 0 spiro atoms. The van der Waals surface area contributed by atoms with Crippen LogP contribution in [0.4, 0.5) is 17.5 Å². The summed E-state index contributed by atoms with van der Waals surface area (Å²) in [7, 11) is 3.91. The predicted molar refractivity (Wildman–Crippen MR) is 161 cm³/mol. The molecule has 1 amide bonds. The first-order valence-corrected chi connectivity index (χ1v) is 14.4. The Labute approximate surface area is 241 Å². The number of carbonyl (C=O) groups excluding carboxylic acids is 1. The molecule has 4 heterocycles. The van der Waals surface area contributed by atoms with Gasteiger partial charge >= 0.3 is 0 Å². The van der Waals surface area contributed by atoms with Crippen molar-refractivity contribution in [2.24, 2.45) is 0 Å². The predicted octanol–water partition coefficient (Wildman–Crippen LogP) is 3.99. The van der Waals surface area contributed by atoms with E-state index in [0.717, 1.165) is 56.1 Å². The highest BCUT2D eigenvalue weighted by Crippen LogP contribution is 2.29. The Balaban J connectivity index is 1.15. The van der Waals surface area contributed by atoms with E-state index < -0.39 is 0 Å². The van der Waals surface area contributed by atoms with Crippen LogP contribution in [0.2, 0.25) is 0 Å². The van der Waals surface area contributed by atoms with Gasteiger partial charge in [0.25, 0.3) is 5.91 Å². The summed E-state index contributed by atoms with van der Waals surface area (Å²) in [5, 5.41) is 8.89. The number of likely N-dealkylation sites (N-methyl/N-ethyl adjacent to an activating group) is 1. The Bertz CT molecular complexity index is 1500. The minimum atomic E-state index is -0.106. The molecule has 0 bridgehead atoms. The van der Waals surface area contributed by atoms with Crippen LogP contribution in [0.1, 0.15) is 47.3 Å². The fraction of sp³-hybridized carbons (Fsp3) is 0.387. The van der Waals surface area contributed by atoms with Crippen molar-refractivity contribution in [2.45, 2.75) is 32.2 Å². The smallest absolute Gasteiger partial charge is 0.263 e. The number of anilines is 3. The third kappa shape index (κ3) is 5.65. The lowest BCUT2D eigenvalue weighted by molar-refractivity contribution is 0.0989. The minimum Gasteiger partial charge on any atom is -0.357 e. The molecule has 0 aliphatic carbocycles. The van der Waals surface area contributed by atoms with E-state index in [1.54, 1.807) is 15.8 Å². The lowest BCUT2D eigenvalue weighted by atomic mass is 9.89. The van der Waals surface area contributed by atoms with Crippen LogP contribution in [0.5, 0.6) is 0 Å². The second kappa shape index (κ2) is 11.7. The fourth-order valence-corrected chi connectivity index (χ4v) is 5.66. The van der Waals surface area contributed by atoms with Crippen LogP contribution in [0.15, 0.2) is 67.0 Å². The number of hydrogen-bond acceptors (Lipinski definition) is 8. The van der Waals surface area contributed by atoms with E-state index in [0.29, 0.717) is 36.3 Å². The van der Waals surface area contributed by atoms with Gasteiger partial charge in [0, 0.05) is 52.2 Å². The Morgan fingerprint density at radius 1 is 0.976 bits per heavy atom. The van der Waals surface area contributed by atoms with Crippen molar-refractivity contribution in [1.82, 2.24) is 29.9 Å². The van der Waals surface area contributed by atoms with Crippen LogP contribution in [-0.2, 0) is 6.54 Å². The molecule has 212 valence electrons. The normalized spacial score (nSPS) is 16.5. The maximum absolute atomic E-state index is 13.7. The lowest BCUT2D eigenvalue weighted by Gasteiger charge is -2.31. The first-order valence-electron chi connectivity index (χ1n) is 14.4. The molecular weight excluding hydrogens is 514 g/mol. The number of amides is 1. The Morgan fingerprint density at radius 3 is 2.54 bits per heavy atom. The SMILES string of the molecule is CCN(C)c1ncc2c(n1)N(C)CCN(c1cccc(-n3cc(CN4CCC(c5ccccc5)CC4)nn3)c1)C2=O. The Kier molecular flexibility index (Phi) is 7.65. The summed E-state index contributed by atoms with van der Waals surface area (Å²) in [4.78, 5) is 31.1. The zero-order valence-corrected chi connectivity index (χ0v) is 24.0. The van der Waals surface area contributed by atoms with E-state index >= 15 is 0 Å². The summed E-state index contributed by atoms with van der Waals surface area (Å²) in [6.45, 7) is 6.91. The van der Waals surface area contributed by atoms with Crippen LogP contribution < -0.4 is 14.7 Å². The van der Waals surface area contributed by atoms with Crippen molar-refractivity contribution < 1.29 is 4.79 Å². The molecule has 1 fully saturated rings. The van der Waals surface area contributed by atoms with Gasteiger partial charge in [-0.15, -0.1) is 5.10 Å². The zero-order chi connectivity index (χ0) is 28.3. The quantitative estimate of drug-likeness (QED) is 0.341. The topological polar surface area (TPSA) is 86.5 Å². The summed E-state index contributed by atoms with van der Waals surface area (Å²) in [5.41, 5.74) is 4.56. The Morgan fingerprint density at radius 2 is 1.76 bits per heavy atom. The highest BCUT2D eigenvalue weighted by molar-refractivity contribution is 6.09. The van der Waals surface area contributed by atoms with Crippen molar-refractivity contribution in [3.63, 3.8) is 0 Å². The van der Waals surface area contributed by atoms with Crippen LogP contribution in [0.25, 0.3) is 5.69 Å². The number of piperidine rings is 1. The minimum absolute atomic E-state index is 0.106. The summed E-state index contributed by atoms with van der Waals surface area (Å²) in [5.74, 6) is 1.80. The summed E-state index contributed by atoms with van der Waals surface area (Å²) in [6, 6.07) is 18.7. The van der Waals surface area contributed by atoms with E-state index in [2.05, 4.69) is 50.5 Å². The average Bonchev–Trinajstić information content (AvgIpc) is 3.45. The van der Waals surface area contributed by atoms with E-state index in [9.17, 15) is 4.79 Å². The van der Waals surface area contributed by atoms with E-state index in [-0.39, 0.29) is 5.91 Å². The van der Waals surface area contributed by atoms with Gasteiger partial charge in [0.05, 0.1) is 17.6 Å². The van der Waals surface area contributed by atoms with Crippen molar-refractivity contribution in [1.29, 1.82) is 0 Å². The average molecular weight is 552 g/mol. The largest absolute Gasteiger partial charge is 0.357 e. The van der Waals surface area contributed by atoms with E-state index in [4.69, 9.17) is 4.98 Å². The molecule has 4 aromatic rings. The molecule has 10 heteroatoms.